The molecule has 2 N–H and O–H groups in total. The highest BCUT2D eigenvalue weighted by atomic mass is 35.5. The van der Waals surface area contributed by atoms with E-state index in [-0.39, 0.29) is 11.2 Å². The summed E-state index contributed by atoms with van der Waals surface area (Å²) in [4.78, 5) is 11.1. The monoisotopic (exact) mass is 269 g/mol. The quantitative estimate of drug-likeness (QED) is 0.863. The number of carboxylic acid groups (broad SMARTS) is 1. The first-order chi connectivity index (χ1) is 8.56. The number of anilines is 1. The predicted octanol–water partition coefficient (Wildman–Crippen LogP) is 3.02. The van der Waals surface area contributed by atoms with Gasteiger partial charge < -0.3 is 15.2 Å². The molecule has 1 aromatic carbocycles. The van der Waals surface area contributed by atoms with Crippen LogP contribution in [-0.4, -0.2) is 30.3 Å². The number of halogens is 1. The van der Waals surface area contributed by atoms with Crippen molar-refractivity contribution in [3.05, 3.63) is 28.8 Å². The molecule has 0 radical (unpaired) electrons. The van der Waals surface area contributed by atoms with Crippen molar-refractivity contribution in [2.24, 2.45) is 0 Å². The number of carboxylic acids is 1. The molecule has 1 aliphatic carbocycles. The third-order valence-electron chi connectivity index (χ3n) is 3.51. The van der Waals surface area contributed by atoms with Gasteiger partial charge in [0, 0.05) is 18.7 Å². The van der Waals surface area contributed by atoms with Gasteiger partial charge in [0.1, 0.15) is 0 Å². The molecule has 1 saturated carbocycles. The molecule has 1 aromatic rings. The van der Waals surface area contributed by atoms with Gasteiger partial charge >= 0.3 is 5.97 Å². The minimum Gasteiger partial charge on any atom is -0.478 e. The first kappa shape index (κ1) is 13.2. The Bertz CT molecular complexity index is 452. The zero-order valence-electron chi connectivity index (χ0n) is 10.2. The van der Waals surface area contributed by atoms with Crippen LogP contribution in [0, 0.1) is 0 Å². The molecule has 0 amide bonds. The van der Waals surface area contributed by atoms with Crippen LogP contribution in [0.4, 0.5) is 5.69 Å². The number of methoxy groups -OCH3 is 1. The highest BCUT2D eigenvalue weighted by molar-refractivity contribution is 6.31. The number of hydrogen-bond donors (Lipinski definition) is 2. The van der Waals surface area contributed by atoms with Crippen molar-refractivity contribution in [3.8, 4) is 0 Å². The summed E-state index contributed by atoms with van der Waals surface area (Å²) >= 11 is 5.89. The van der Waals surface area contributed by atoms with Crippen LogP contribution >= 0.6 is 11.6 Å². The Morgan fingerprint density at radius 1 is 1.56 bits per heavy atom. The van der Waals surface area contributed by atoms with Crippen LogP contribution in [0.3, 0.4) is 0 Å². The first-order valence-electron chi connectivity index (χ1n) is 5.88. The lowest BCUT2D eigenvalue weighted by Crippen LogP contribution is -2.45. The van der Waals surface area contributed by atoms with E-state index in [9.17, 15) is 4.79 Å². The minimum absolute atomic E-state index is 0.155. The summed E-state index contributed by atoms with van der Waals surface area (Å²) in [6.45, 7) is 0.601. The van der Waals surface area contributed by atoms with Gasteiger partial charge in [-0.3, -0.25) is 0 Å². The van der Waals surface area contributed by atoms with E-state index >= 15 is 0 Å². The molecular formula is C13H16ClNO3. The van der Waals surface area contributed by atoms with Gasteiger partial charge in [0.2, 0.25) is 0 Å². The smallest absolute Gasteiger partial charge is 0.337 e. The Labute approximate surface area is 111 Å². The molecule has 0 heterocycles. The number of carbonyl (C=O) groups is 1. The van der Waals surface area contributed by atoms with Crippen molar-refractivity contribution >= 4 is 23.3 Å². The summed E-state index contributed by atoms with van der Waals surface area (Å²) in [5.74, 6) is -0.964. The van der Waals surface area contributed by atoms with Crippen molar-refractivity contribution in [2.75, 3.05) is 19.0 Å². The van der Waals surface area contributed by atoms with Crippen LogP contribution in [0.2, 0.25) is 5.02 Å². The Hall–Kier alpha value is -1.26. The summed E-state index contributed by atoms with van der Waals surface area (Å²) in [6.07, 6.45) is 3.15. The Morgan fingerprint density at radius 3 is 2.78 bits per heavy atom. The third kappa shape index (κ3) is 2.60. The second-order valence-electron chi connectivity index (χ2n) is 4.59. The van der Waals surface area contributed by atoms with E-state index in [4.69, 9.17) is 21.4 Å². The molecule has 0 spiro atoms. The van der Waals surface area contributed by atoms with Gasteiger partial charge in [-0.05, 0) is 37.5 Å². The minimum atomic E-state index is -0.964. The summed E-state index contributed by atoms with van der Waals surface area (Å²) in [6, 6.07) is 4.71. The van der Waals surface area contributed by atoms with Crippen molar-refractivity contribution < 1.29 is 14.6 Å². The van der Waals surface area contributed by atoms with Gasteiger partial charge in [-0.25, -0.2) is 4.79 Å². The van der Waals surface area contributed by atoms with Gasteiger partial charge in [0.05, 0.1) is 16.9 Å². The molecule has 0 bridgehead atoms. The molecule has 98 valence electrons. The Morgan fingerprint density at radius 2 is 2.28 bits per heavy atom. The van der Waals surface area contributed by atoms with E-state index in [1.165, 1.54) is 6.07 Å². The summed E-state index contributed by atoms with van der Waals surface area (Å²) < 4.78 is 5.48. The van der Waals surface area contributed by atoms with Gasteiger partial charge in [-0.2, -0.15) is 0 Å². The standard InChI is InChI=1S/C13H16ClNO3/c1-18-13(5-2-6-13)8-15-11-7-9(14)3-4-10(11)12(16)17/h3-4,7,15H,2,5-6,8H2,1H3,(H,16,17). The summed E-state index contributed by atoms with van der Waals surface area (Å²) in [7, 11) is 1.69. The van der Waals surface area contributed by atoms with Crippen molar-refractivity contribution in [1.82, 2.24) is 0 Å². The zero-order valence-corrected chi connectivity index (χ0v) is 11.0. The van der Waals surface area contributed by atoms with Crippen molar-refractivity contribution in [1.29, 1.82) is 0 Å². The van der Waals surface area contributed by atoms with E-state index in [0.717, 1.165) is 19.3 Å². The average Bonchev–Trinajstić information content (AvgIpc) is 2.28. The van der Waals surface area contributed by atoms with Gasteiger partial charge in [-0.15, -0.1) is 0 Å². The van der Waals surface area contributed by atoms with Gasteiger partial charge in [-0.1, -0.05) is 11.6 Å². The molecule has 0 saturated heterocycles. The number of benzene rings is 1. The van der Waals surface area contributed by atoms with Crippen molar-refractivity contribution in [3.63, 3.8) is 0 Å². The largest absolute Gasteiger partial charge is 0.478 e. The van der Waals surface area contributed by atoms with Crippen LogP contribution in [0.15, 0.2) is 18.2 Å². The lowest BCUT2D eigenvalue weighted by atomic mass is 9.80. The van der Waals surface area contributed by atoms with E-state index in [0.29, 0.717) is 17.3 Å². The van der Waals surface area contributed by atoms with Crippen LogP contribution in [-0.2, 0) is 4.74 Å². The topological polar surface area (TPSA) is 58.6 Å². The lowest BCUT2D eigenvalue weighted by Gasteiger charge is -2.40. The molecule has 0 atom stereocenters. The first-order valence-corrected chi connectivity index (χ1v) is 6.26. The number of hydrogen-bond acceptors (Lipinski definition) is 3. The summed E-state index contributed by atoms with van der Waals surface area (Å²) in [5, 5.41) is 12.8. The fourth-order valence-electron chi connectivity index (χ4n) is 2.13. The molecule has 18 heavy (non-hydrogen) atoms. The molecule has 0 unspecified atom stereocenters. The molecule has 5 heteroatoms. The van der Waals surface area contributed by atoms with Gasteiger partial charge in [0.15, 0.2) is 0 Å². The lowest BCUT2D eigenvalue weighted by molar-refractivity contribution is -0.0601. The molecular weight excluding hydrogens is 254 g/mol. The number of ether oxygens (including phenoxy) is 1. The predicted molar refractivity (Wildman–Crippen MR) is 70.5 cm³/mol. The van der Waals surface area contributed by atoms with E-state index in [1.807, 2.05) is 0 Å². The molecule has 1 fully saturated rings. The van der Waals surface area contributed by atoms with E-state index in [1.54, 1.807) is 19.2 Å². The molecule has 0 aliphatic heterocycles. The average molecular weight is 270 g/mol. The van der Waals surface area contributed by atoms with E-state index < -0.39 is 5.97 Å². The molecule has 1 aliphatic rings. The SMILES string of the molecule is COC1(CNc2cc(Cl)ccc2C(=O)O)CCC1. The fourth-order valence-corrected chi connectivity index (χ4v) is 2.30. The second kappa shape index (κ2) is 5.16. The highest BCUT2D eigenvalue weighted by Gasteiger charge is 2.36. The fraction of sp³-hybridized carbons (Fsp3) is 0.462. The normalized spacial score (nSPS) is 17.0. The highest BCUT2D eigenvalue weighted by Crippen LogP contribution is 2.35. The number of rotatable bonds is 5. The van der Waals surface area contributed by atoms with Gasteiger partial charge in [0.25, 0.3) is 0 Å². The Balaban J connectivity index is 2.12. The maximum absolute atomic E-state index is 11.1. The number of nitrogens with one attached hydrogen (secondary N) is 1. The molecule has 4 nitrogen and oxygen atoms in total. The van der Waals surface area contributed by atoms with Crippen LogP contribution in [0.5, 0.6) is 0 Å². The van der Waals surface area contributed by atoms with Crippen molar-refractivity contribution in [2.45, 2.75) is 24.9 Å². The maximum Gasteiger partial charge on any atom is 0.337 e. The van der Waals surface area contributed by atoms with Crippen LogP contribution in [0.1, 0.15) is 29.6 Å². The second-order valence-corrected chi connectivity index (χ2v) is 5.03. The molecule has 2 rings (SSSR count). The van der Waals surface area contributed by atoms with Crippen LogP contribution < -0.4 is 5.32 Å². The number of aromatic carboxylic acids is 1. The zero-order chi connectivity index (χ0) is 13.2. The summed E-state index contributed by atoms with van der Waals surface area (Å²) in [5.41, 5.74) is 0.612. The molecule has 0 aromatic heterocycles. The maximum atomic E-state index is 11.1. The Kier molecular flexibility index (Phi) is 3.78. The van der Waals surface area contributed by atoms with E-state index in [2.05, 4.69) is 5.32 Å². The van der Waals surface area contributed by atoms with Crippen LogP contribution in [0.25, 0.3) is 0 Å². The third-order valence-corrected chi connectivity index (χ3v) is 3.75.